The van der Waals surface area contributed by atoms with Crippen molar-refractivity contribution in [1.29, 1.82) is 0 Å². The maximum atomic E-state index is 13.5. The van der Waals surface area contributed by atoms with Gasteiger partial charge in [0.1, 0.15) is 5.82 Å². The number of nitrogens with one attached hydrogen (secondary N) is 1. The van der Waals surface area contributed by atoms with Crippen LogP contribution in [0.25, 0.3) is 5.69 Å². The molecule has 0 unspecified atom stereocenters. The number of aromatic hydroxyl groups is 1. The number of phenols is 1. The summed E-state index contributed by atoms with van der Waals surface area (Å²) in [5.74, 6) is -0.459. The van der Waals surface area contributed by atoms with Crippen LogP contribution in [-0.4, -0.2) is 32.7 Å². The highest BCUT2D eigenvalue weighted by molar-refractivity contribution is 6.01. The van der Waals surface area contributed by atoms with Gasteiger partial charge in [0.2, 0.25) is 5.75 Å². The predicted octanol–water partition coefficient (Wildman–Crippen LogP) is 5.00. The van der Waals surface area contributed by atoms with Crippen molar-refractivity contribution in [2.75, 3.05) is 12.4 Å². The summed E-state index contributed by atoms with van der Waals surface area (Å²) in [5, 5.41) is 30.4. The van der Waals surface area contributed by atoms with E-state index in [0.29, 0.717) is 29.7 Å². The van der Waals surface area contributed by atoms with Gasteiger partial charge in [0.15, 0.2) is 11.5 Å². The molecule has 2 aromatic carbocycles. The van der Waals surface area contributed by atoms with Crippen molar-refractivity contribution < 1.29 is 19.6 Å². The Kier molecular flexibility index (Phi) is 5.16. The van der Waals surface area contributed by atoms with E-state index in [4.69, 9.17) is 9.84 Å². The van der Waals surface area contributed by atoms with E-state index in [-0.39, 0.29) is 16.9 Å². The molecular weight excluding hydrogens is 448 g/mol. The maximum absolute atomic E-state index is 13.5. The van der Waals surface area contributed by atoms with Gasteiger partial charge >= 0.3 is 5.69 Å². The topological polar surface area (TPSA) is 120 Å². The van der Waals surface area contributed by atoms with Crippen LogP contribution in [0.4, 0.5) is 11.5 Å². The first-order valence-electron chi connectivity index (χ1n) is 11.3. The number of ether oxygens (including phenoxy) is 1. The normalized spacial score (nSPS) is 18.5. The molecule has 1 aliphatic carbocycles. The van der Waals surface area contributed by atoms with Crippen LogP contribution < -0.4 is 10.1 Å². The van der Waals surface area contributed by atoms with Crippen molar-refractivity contribution in [3.8, 4) is 17.2 Å². The van der Waals surface area contributed by atoms with Crippen LogP contribution >= 0.6 is 0 Å². The molecule has 2 aliphatic rings. The summed E-state index contributed by atoms with van der Waals surface area (Å²) >= 11 is 0. The summed E-state index contributed by atoms with van der Waals surface area (Å²) < 4.78 is 7.07. The largest absolute Gasteiger partial charge is 0.500 e. The number of benzene rings is 2. The minimum absolute atomic E-state index is 0.0130. The number of nitro groups is 1. The second-order valence-corrected chi connectivity index (χ2v) is 9.83. The zero-order valence-corrected chi connectivity index (χ0v) is 20.0. The fraction of sp³-hybridized carbons (Fsp3) is 0.308. The van der Waals surface area contributed by atoms with E-state index in [9.17, 15) is 20.0 Å². The first-order valence-corrected chi connectivity index (χ1v) is 11.3. The first kappa shape index (κ1) is 22.6. The number of fused-ring (bicyclic) bond motifs is 1. The second kappa shape index (κ2) is 7.97. The van der Waals surface area contributed by atoms with Crippen molar-refractivity contribution in [1.82, 2.24) is 9.78 Å². The molecule has 0 saturated heterocycles. The lowest BCUT2D eigenvalue weighted by molar-refractivity contribution is -0.386. The number of carbonyl (C=O) groups excluding carboxylic acids is 1. The van der Waals surface area contributed by atoms with Gasteiger partial charge in [0.25, 0.3) is 0 Å². The number of methoxy groups -OCH3 is 1. The number of phenolic OH excluding ortho intramolecular Hbond substituents is 1. The number of hydrogen-bond acceptors (Lipinski definition) is 7. The van der Waals surface area contributed by atoms with E-state index in [1.165, 1.54) is 13.2 Å². The molecule has 0 radical (unpaired) electrons. The zero-order valence-electron chi connectivity index (χ0n) is 20.0. The summed E-state index contributed by atoms with van der Waals surface area (Å²) in [6, 6.07) is 12.5. The average Bonchev–Trinajstić information content (AvgIpc) is 3.13. The van der Waals surface area contributed by atoms with E-state index in [0.717, 1.165) is 22.8 Å². The summed E-state index contributed by atoms with van der Waals surface area (Å²) in [5.41, 5.74) is 3.45. The lowest BCUT2D eigenvalue weighted by atomic mass is 9.69. The van der Waals surface area contributed by atoms with Gasteiger partial charge in [-0.1, -0.05) is 32.0 Å². The molecule has 5 rings (SSSR count). The molecule has 2 heterocycles. The van der Waals surface area contributed by atoms with Crippen LogP contribution in [0.15, 0.2) is 53.7 Å². The predicted molar refractivity (Wildman–Crippen MR) is 130 cm³/mol. The van der Waals surface area contributed by atoms with Crippen molar-refractivity contribution >= 4 is 17.3 Å². The van der Waals surface area contributed by atoms with Crippen molar-refractivity contribution in [2.24, 2.45) is 5.41 Å². The van der Waals surface area contributed by atoms with E-state index < -0.39 is 22.3 Å². The van der Waals surface area contributed by atoms with Gasteiger partial charge in [-0.05, 0) is 42.5 Å². The average molecular weight is 475 g/mol. The number of para-hydroxylation sites is 1. The molecule has 3 aromatic rings. The second-order valence-electron chi connectivity index (χ2n) is 9.83. The van der Waals surface area contributed by atoms with Crippen molar-refractivity contribution in [3.63, 3.8) is 0 Å². The lowest BCUT2D eigenvalue weighted by Gasteiger charge is -2.38. The standard InChI is InChI=1S/C26H26N4O5/c1-14-21-22(15-10-18(30(33)34)24(32)20(11-15)35-4)23-17(12-26(2,3)13-19(23)31)27-25(21)29(28-14)16-8-6-5-7-9-16/h5-11,22,27,32H,12-13H2,1-4H3/t22-/m0/s1. The van der Waals surface area contributed by atoms with Gasteiger partial charge in [0, 0.05) is 35.2 Å². The zero-order chi connectivity index (χ0) is 25.1. The van der Waals surface area contributed by atoms with Gasteiger partial charge in [-0.2, -0.15) is 5.10 Å². The highest BCUT2D eigenvalue weighted by atomic mass is 16.6. The van der Waals surface area contributed by atoms with Crippen LogP contribution in [0.2, 0.25) is 0 Å². The number of anilines is 1. The van der Waals surface area contributed by atoms with Crippen LogP contribution in [0.5, 0.6) is 11.5 Å². The molecule has 1 aromatic heterocycles. The molecule has 35 heavy (non-hydrogen) atoms. The Balaban J connectivity index is 1.81. The molecule has 9 nitrogen and oxygen atoms in total. The van der Waals surface area contributed by atoms with E-state index in [2.05, 4.69) is 19.2 Å². The van der Waals surface area contributed by atoms with Crippen LogP contribution in [0.3, 0.4) is 0 Å². The van der Waals surface area contributed by atoms with E-state index in [1.54, 1.807) is 10.7 Å². The molecular formula is C26H26N4O5. The number of Topliss-reactive ketones (excluding diaryl/α,β-unsaturated/α-hetero) is 1. The minimum atomic E-state index is -0.648. The maximum Gasteiger partial charge on any atom is 0.314 e. The smallest absolute Gasteiger partial charge is 0.314 e. The number of aromatic nitrogens is 2. The Morgan fingerprint density at radius 1 is 1.23 bits per heavy atom. The highest BCUT2D eigenvalue weighted by Gasteiger charge is 2.43. The number of nitrogens with zero attached hydrogens (tertiary/aromatic N) is 3. The number of nitro benzene ring substituents is 1. The molecule has 180 valence electrons. The third kappa shape index (κ3) is 3.63. The fourth-order valence-electron chi connectivity index (χ4n) is 5.24. The number of hydrogen-bond donors (Lipinski definition) is 2. The first-order chi connectivity index (χ1) is 16.6. The summed E-state index contributed by atoms with van der Waals surface area (Å²) in [6.07, 6.45) is 1.00. The van der Waals surface area contributed by atoms with Crippen LogP contribution in [0.1, 0.15) is 49.4 Å². The summed E-state index contributed by atoms with van der Waals surface area (Å²) in [6.45, 7) is 5.96. The number of rotatable bonds is 4. The van der Waals surface area contributed by atoms with Gasteiger partial charge in [0.05, 0.1) is 23.4 Å². The Bertz CT molecular complexity index is 1400. The highest BCUT2D eigenvalue weighted by Crippen LogP contribution is 2.52. The molecule has 0 spiro atoms. The summed E-state index contributed by atoms with van der Waals surface area (Å²) in [7, 11) is 1.34. The molecule has 9 heteroatoms. The Labute approximate surface area is 202 Å². The molecule has 0 saturated carbocycles. The number of ketones is 1. The van der Waals surface area contributed by atoms with Gasteiger partial charge in [-0.3, -0.25) is 14.9 Å². The Hall–Kier alpha value is -4.14. The van der Waals surface area contributed by atoms with Gasteiger partial charge in [-0.25, -0.2) is 4.68 Å². The molecule has 1 atom stereocenters. The number of allylic oxidation sites excluding steroid dienone is 2. The third-order valence-corrected chi connectivity index (χ3v) is 6.70. The molecule has 0 fully saturated rings. The van der Waals surface area contributed by atoms with Crippen LogP contribution in [0, 0.1) is 22.5 Å². The van der Waals surface area contributed by atoms with Gasteiger partial charge < -0.3 is 15.2 Å². The fourth-order valence-corrected chi connectivity index (χ4v) is 5.24. The molecule has 2 N–H and O–H groups in total. The van der Waals surface area contributed by atoms with E-state index >= 15 is 0 Å². The van der Waals surface area contributed by atoms with Crippen molar-refractivity contribution in [3.05, 3.63) is 80.7 Å². The monoisotopic (exact) mass is 474 g/mol. The molecule has 0 bridgehead atoms. The minimum Gasteiger partial charge on any atom is -0.500 e. The van der Waals surface area contributed by atoms with E-state index in [1.807, 2.05) is 37.3 Å². The number of aryl methyl sites for hydroxylation is 1. The molecule has 0 amide bonds. The van der Waals surface area contributed by atoms with Crippen LogP contribution in [-0.2, 0) is 4.79 Å². The Morgan fingerprint density at radius 2 is 1.94 bits per heavy atom. The SMILES string of the molecule is COc1cc([C@@H]2C3=C(CC(C)(C)CC3=O)Nc3c2c(C)nn3-c2ccccc2)cc([N+](=O)[O-])c1O. The van der Waals surface area contributed by atoms with Gasteiger partial charge in [-0.15, -0.1) is 0 Å². The summed E-state index contributed by atoms with van der Waals surface area (Å²) in [4.78, 5) is 24.6. The number of carbonyl (C=O) groups is 1. The van der Waals surface area contributed by atoms with Crippen molar-refractivity contribution in [2.45, 2.75) is 39.5 Å². The molecule has 1 aliphatic heterocycles. The quantitative estimate of drug-likeness (QED) is 0.403. The third-order valence-electron chi connectivity index (χ3n) is 6.70. The lowest BCUT2D eigenvalue weighted by Crippen LogP contribution is -2.34. The Morgan fingerprint density at radius 3 is 2.60 bits per heavy atom.